The fourth-order valence-corrected chi connectivity index (χ4v) is 2.83. The number of nitrogens with one attached hydrogen (secondary N) is 2. The first-order chi connectivity index (χ1) is 11.6. The van der Waals surface area contributed by atoms with Crippen molar-refractivity contribution in [2.75, 3.05) is 26.2 Å². The molecular weight excluding hydrogens is 345 g/mol. The molecule has 25 heavy (non-hydrogen) atoms. The lowest BCUT2D eigenvalue weighted by molar-refractivity contribution is -0.143. The lowest BCUT2D eigenvalue weighted by Crippen LogP contribution is -2.40. The van der Waals surface area contributed by atoms with E-state index in [9.17, 15) is 26.7 Å². The van der Waals surface area contributed by atoms with E-state index in [1.807, 2.05) is 0 Å². The molecule has 2 atom stereocenters. The van der Waals surface area contributed by atoms with Crippen LogP contribution in [0, 0.1) is 17.6 Å². The van der Waals surface area contributed by atoms with E-state index < -0.39 is 36.4 Å². The maximum atomic E-state index is 13.2. The minimum atomic E-state index is -4.22. The third-order valence-corrected chi connectivity index (χ3v) is 4.12. The average Bonchev–Trinajstić information content (AvgIpc) is 2.93. The van der Waals surface area contributed by atoms with Crippen LogP contribution in [0.1, 0.15) is 24.9 Å². The molecule has 1 aliphatic rings. The van der Waals surface area contributed by atoms with Gasteiger partial charge in [0, 0.05) is 13.1 Å². The van der Waals surface area contributed by atoms with Crippen LogP contribution in [0.3, 0.4) is 0 Å². The molecule has 0 bridgehead atoms. The fraction of sp³-hybridized carbons (Fsp3) is 0.562. The van der Waals surface area contributed by atoms with Gasteiger partial charge in [-0.3, -0.25) is 4.90 Å². The largest absolute Gasteiger partial charge is 0.401 e. The number of rotatable bonds is 5. The Balaban J connectivity index is 1.74. The maximum Gasteiger partial charge on any atom is 0.401 e. The normalized spacial score (nSPS) is 19.7. The molecule has 1 aromatic rings. The number of hydrogen-bond acceptors (Lipinski definition) is 2. The van der Waals surface area contributed by atoms with Crippen molar-refractivity contribution in [3.8, 4) is 0 Å². The minimum Gasteiger partial charge on any atom is -0.338 e. The summed E-state index contributed by atoms with van der Waals surface area (Å²) in [5.41, 5.74) is 0.409. The van der Waals surface area contributed by atoms with Crippen molar-refractivity contribution < 1.29 is 26.7 Å². The van der Waals surface area contributed by atoms with Crippen molar-refractivity contribution in [3.05, 3.63) is 35.4 Å². The van der Waals surface area contributed by atoms with E-state index in [0.717, 1.165) is 12.1 Å². The molecule has 1 fully saturated rings. The molecule has 0 saturated carbocycles. The van der Waals surface area contributed by atoms with Gasteiger partial charge >= 0.3 is 12.2 Å². The quantitative estimate of drug-likeness (QED) is 0.787. The van der Waals surface area contributed by atoms with Gasteiger partial charge in [-0.15, -0.1) is 0 Å². The molecule has 1 heterocycles. The summed E-state index contributed by atoms with van der Waals surface area (Å²) < 4.78 is 63.1. The van der Waals surface area contributed by atoms with Crippen LogP contribution in [-0.2, 0) is 0 Å². The average molecular weight is 365 g/mol. The second-order valence-electron chi connectivity index (χ2n) is 6.25. The van der Waals surface area contributed by atoms with Crippen molar-refractivity contribution in [2.45, 2.75) is 25.6 Å². The molecule has 2 N–H and O–H groups in total. The van der Waals surface area contributed by atoms with E-state index in [-0.39, 0.29) is 19.0 Å². The number of amides is 2. The van der Waals surface area contributed by atoms with Crippen LogP contribution < -0.4 is 10.6 Å². The van der Waals surface area contributed by atoms with Crippen LogP contribution >= 0.6 is 0 Å². The lowest BCUT2D eigenvalue weighted by atomic mass is 10.1. The molecule has 0 aromatic heterocycles. The molecule has 1 aliphatic heterocycles. The molecule has 4 nitrogen and oxygen atoms in total. The van der Waals surface area contributed by atoms with Gasteiger partial charge < -0.3 is 10.6 Å². The Morgan fingerprint density at radius 1 is 1.32 bits per heavy atom. The number of likely N-dealkylation sites (tertiary alicyclic amines) is 1. The van der Waals surface area contributed by atoms with Crippen molar-refractivity contribution in [1.82, 2.24) is 15.5 Å². The molecule has 0 spiro atoms. The molecule has 0 radical (unpaired) electrons. The summed E-state index contributed by atoms with van der Waals surface area (Å²) in [4.78, 5) is 13.2. The topological polar surface area (TPSA) is 44.4 Å². The monoisotopic (exact) mass is 365 g/mol. The van der Waals surface area contributed by atoms with Gasteiger partial charge in [0.15, 0.2) is 11.6 Å². The fourth-order valence-electron chi connectivity index (χ4n) is 2.83. The third kappa shape index (κ3) is 6.15. The predicted molar refractivity (Wildman–Crippen MR) is 81.9 cm³/mol. The highest BCUT2D eigenvalue weighted by Gasteiger charge is 2.34. The molecule has 2 rings (SSSR count). The molecular formula is C16H20F5N3O. The highest BCUT2D eigenvalue weighted by molar-refractivity contribution is 5.74. The standard InChI is InChI=1S/C16H20F5N3O/c1-10(12-2-3-13(17)14(18)6-12)23-15(25)22-7-11-4-5-24(8-11)9-16(19,20)21/h2-3,6,10-11H,4-5,7-9H2,1H3,(H2,22,23,25)/t10-,11+/m1/s1. The summed E-state index contributed by atoms with van der Waals surface area (Å²) in [6, 6.07) is 2.31. The van der Waals surface area contributed by atoms with Crippen LogP contribution in [0.15, 0.2) is 18.2 Å². The van der Waals surface area contributed by atoms with Gasteiger partial charge in [-0.2, -0.15) is 13.2 Å². The number of benzene rings is 1. The van der Waals surface area contributed by atoms with E-state index in [1.165, 1.54) is 11.0 Å². The van der Waals surface area contributed by atoms with E-state index in [4.69, 9.17) is 0 Å². The smallest absolute Gasteiger partial charge is 0.338 e. The SMILES string of the molecule is C[C@@H](NC(=O)NC[C@@H]1CCN(CC(F)(F)F)C1)c1ccc(F)c(F)c1. The van der Waals surface area contributed by atoms with Crippen molar-refractivity contribution >= 4 is 6.03 Å². The number of halogens is 5. The molecule has 9 heteroatoms. The summed E-state index contributed by atoms with van der Waals surface area (Å²) in [6.45, 7) is 1.55. The van der Waals surface area contributed by atoms with E-state index in [2.05, 4.69) is 10.6 Å². The first-order valence-corrected chi connectivity index (χ1v) is 7.92. The third-order valence-electron chi connectivity index (χ3n) is 4.12. The maximum absolute atomic E-state index is 13.2. The van der Waals surface area contributed by atoms with Gasteiger partial charge in [0.25, 0.3) is 0 Å². The zero-order valence-electron chi connectivity index (χ0n) is 13.7. The van der Waals surface area contributed by atoms with Crippen LogP contribution in [-0.4, -0.2) is 43.3 Å². The van der Waals surface area contributed by atoms with Crippen LogP contribution in [0.2, 0.25) is 0 Å². The number of carbonyl (C=O) groups is 1. The summed E-state index contributed by atoms with van der Waals surface area (Å²) >= 11 is 0. The Kier molecular flexibility index (Phi) is 6.21. The zero-order chi connectivity index (χ0) is 18.6. The Hall–Kier alpha value is -1.90. The molecule has 1 aromatic carbocycles. The zero-order valence-corrected chi connectivity index (χ0v) is 13.7. The highest BCUT2D eigenvalue weighted by atomic mass is 19.4. The summed E-state index contributed by atoms with van der Waals surface area (Å²) in [5, 5.41) is 5.19. The number of nitrogens with zero attached hydrogens (tertiary/aromatic N) is 1. The molecule has 2 amide bonds. The second-order valence-corrected chi connectivity index (χ2v) is 6.25. The van der Waals surface area contributed by atoms with E-state index in [1.54, 1.807) is 6.92 Å². The number of alkyl halides is 3. The lowest BCUT2D eigenvalue weighted by Gasteiger charge is -2.19. The Bertz CT molecular complexity index is 608. The molecule has 0 unspecified atom stereocenters. The van der Waals surface area contributed by atoms with Crippen molar-refractivity contribution in [3.63, 3.8) is 0 Å². The van der Waals surface area contributed by atoms with Gasteiger partial charge in [-0.25, -0.2) is 13.6 Å². The number of carbonyl (C=O) groups excluding carboxylic acids is 1. The van der Waals surface area contributed by atoms with E-state index in [0.29, 0.717) is 18.5 Å². The van der Waals surface area contributed by atoms with E-state index >= 15 is 0 Å². The summed E-state index contributed by atoms with van der Waals surface area (Å²) in [5.74, 6) is -2.01. The minimum absolute atomic E-state index is 0.0494. The summed E-state index contributed by atoms with van der Waals surface area (Å²) in [7, 11) is 0. The van der Waals surface area contributed by atoms with Crippen molar-refractivity contribution in [1.29, 1.82) is 0 Å². The van der Waals surface area contributed by atoms with Crippen LogP contribution in [0.4, 0.5) is 26.7 Å². The molecule has 1 saturated heterocycles. The molecule has 0 aliphatic carbocycles. The molecule has 140 valence electrons. The van der Waals surface area contributed by atoms with Gasteiger partial charge in [-0.05, 0) is 43.5 Å². The van der Waals surface area contributed by atoms with Crippen molar-refractivity contribution in [2.24, 2.45) is 5.92 Å². The Morgan fingerprint density at radius 2 is 2.04 bits per heavy atom. The van der Waals surface area contributed by atoms with Gasteiger partial charge in [-0.1, -0.05) is 6.07 Å². The second kappa shape index (κ2) is 7.99. The van der Waals surface area contributed by atoms with Gasteiger partial charge in [0.1, 0.15) is 0 Å². The van der Waals surface area contributed by atoms with Gasteiger partial charge in [0.2, 0.25) is 0 Å². The Labute approximate surface area is 142 Å². The first-order valence-electron chi connectivity index (χ1n) is 7.92. The Morgan fingerprint density at radius 3 is 2.68 bits per heavy atom. The first kappa shape index (κ1) is 19.4. The summed E-state index contributed by atoms with van der Waals surface area (Å²) in [6.07, 6.45) is -3.64. The highest BCUT2D eigenvalue weighted by Crippen LogP contribution is 2.22. The van der Waals surface area contributed by atoms with Crippen LogP contribution in [0.5, 0.6) is 0 Å². The van der Waals surface area contributed by atoms with Gasteiger partial charge in [0.05, 0.1) is 12.6 Å². The number of hydrogen-bond donors (Lipinski definition) is 2. The number of urea groups is 1. The predicted octanol–water partition coefficient (Wildman–Crippen LogP) is 3.21. The van der Waals surface area contributed by atoms with Crippen LogP contribution in [0.25, 0.3) is 0 Å².